The van der Waals surface area contributed by atoms with Crippen LogP contribution in [0.25, 0.3) is 0 Å². The zero-order valence-corrected chi connectivity index (χ0v) is 13.8. The molecule has 0 aliphatic heterocycles. The van der Waals surface area contributed by atoms with Crippen molar-refractivity contribution in [3.05, 3.63) is 35.9 Å². The fourth-order valence-corrected chi connectivity index (χ4v) is 3.31. The van der Waals surface area contributed by atoms with Gasteiger partial charge in [-0.1, -0.05) is 50.1 Å². The predicted octanol–water partition coefficient (Wildman–Crippen LogP) is 2.28. The van der Waals surface area contributed by atoms with E-state index in [9.17, 15) is 4.79 Å². The van der Waals surface area contributed by atoms with Crippen molar-refractivity contribution < 1.29 is 4.79 Å². The minimum atomic E-state index is -0.438. The number of rotatable bonds is 6. The Balaban J connectivity index is 2.05. The average Bonchev–Trinajstić information content (AvgIpc) is 2.54. The first-order chi connectivity index (χ1) is 10.6. The van der Waals surface area contributed by atoms with Gasteiger partial charge in [0.05, 0.1) is 6.04 Å². The van der Waals surface area contributed by atoms with Crippen molar-refractivity contribution in [1.29, 1.82) is 0 Å². The highest BCUT2D eigenvalue weighted by atomic mass is 16.2. The van der Waals surface area contributed by atoms with E-state index in [0.29, 0.717) is 6.04 Å². The molecule has 4 nitrogen and oxygen atoms in total. The summed E-state index contributed by atoms with van der Waals surface area (Å²) in [6, 6.07) is 10.7. The zero-order chi connectivity index (χ0) is 15.9. The van der Waals surface area contributed by atoms with Gasteiger partial charge in [-0.3, -0.25) is 9.69 Å². The predicted molar refractivity (Wildman–Crippen MR) is 90.4 cm³/mol. The molecule has 4 heteroatoms. The molecule has 0 bridgehead atoms. The van der Waals surface area contributed by atoms with Crippen molar-refractivity contribution in [3.8, 4) is 0 Å². The van der Waals surface area contributed by atoms with E-state index in [2.05, 4.69) is 41.4 Å². The van der Waals surface area contributed by atoms with Gasteiger partial charge in [0.2, 0.25) is 5.91 Å². The summed E-state index contributed by atoms with van der Waals surface area (Å²) < 4.78 is 0. The number of nitrogens with two attached hydrogens (primary N) is 1. The van der Waals surface area contributed by atoms with Gasteiger partial charge in [-0.15, -0.1) is 0 Å². The van der Waals surface area contributed by atoms with Crippen molar-refractivity contribution in [1.82, 2.24) is 10.2 Å². The fraction of sp³-hybridized carbons (Fsp3) is 0.611. The number of nitrogens with zero attached hydrogens (tertiary/aromatic N) is 1. The van der Waals surface area contributed by atoms with Crippen LogP contribution in [0.5, 0.6) is 0 Å². The number of carbonyl (C=O) groups is 1. The molecule has 1 saturated carbocycles. The Morgan fingerprint density at radius 1 is 1.32 bits per heavy atom. The normalized spacial score (nSPS) is 23.3. The van der Waals surface area contributed by atoms with Crippen molar-refractivity contribution in [2.24, 2.45) is 5.73 Å². The third kappa shape index (κ3) is 4.55. The van der Waals surface area contributed by atoms with Crippen molar-refractivity contribution in [2.75, 3.05) is 6.54 Å². The number of likely N-dealkylation sites (N-methyl/N-ethyl adjacent to an activating group) is 1. The number of hydrogen-bond acceptors (Lipinski definition) is 3. The lowest BCUT2D eigenvalue weighted by Crippen LogP contribution is -2.55. The lowest BCUT2D eigenvalue weighted by atomic mass is 9.88. The summed E-state index contributed by atoms with van der Waals surface area (Å²) in [7, 11) is 0. The topological polar surface area (TPSA) is 58.4 Å². The van der Waals surface area contributed by atoms with Gasteiger partial charge < -0.3 is 11.1 Å². The van der Waals surface area contributed by atoms with Gasteiger partial charge >= 0.3 is 0 Å². The summed E-state index contributed by atoms with van der Waals surface area (Å²) in [6.45, 7) is 5.87. The fourth-order valence-electron chi connectivity index (χ4n) is 3.31. The number of carbonyl (C=O) groups excluding carboxylic acids is 1. The van der Waals surface area contributed by atoms with E-state index < -0.39 is 6.04 Å². The lowest BCUT2D eigenvalue weighted by Gasteiger charge is -2.40. The molecule has 1 aliphatic carbocycles. The summed E-state index contributed by atoms with van der Waals surface area (Å²) >= 11 is 0. The van der Waals surface area contributed by atoms with E-state index >= 15 is 0 Å². The number of nitrogens with one attached hydrogen (secondary N) is 1. The smallest absolute Gasteiger partial charge is 0.236 e. The highest BCUT2D eigenvalue weighted by Gasteiger charge is 2.31. The van der Waals surface area contributed by atoms with Crippen LogP contribution in [0, 0.1) is 0 Å². The van der Waals surface area contributed by atoms with Crippen LogP contribution in [0.2, 0.25) is 0 Å². The lowest BCUT2D eigenvalue weighted by molar-refractivity contribution is -0.123. The van der Waals surface area contributed by atoms with Crippen LogP contribution in [-0.2, 0) is 11.3 Å². The molecule has 1 amide bonds. The van der Waals surface area contributed by atoms with Gasteiger partial charge in [-0.25, -0.2) is 0 Å². The molecule has 1 aliphatic rings. The van der Waals surface area contributed by atoms with E-state index in [-0.39, 0.29) is 11.9 Å². The van der Waals surface area contributed by atoms with E-state index in [1.807, 2.05) is 6.07 Å². The third-order valence-electron chi connectivity index (χ3n) is 4.57. The summed E-state index contributed by atoms with van der Waals surface area (Å²) in [6.07, 6.45) is 4.61. The second-order valence-corrected chi connectivity index (χ2v) is 6.30. The van der Waals surface area contributed by atoms with Gasteiger partial charge in [-0.05, 0) is 31.9 Å². The molecule has 3 unspecified atom stereocenters. The second-order valence-electron chi connectivity index (χ2n) is 6.30. The van der Waals surface area contributed by atoms with Gasteiger partial charge in [0, 0.05) is 18.6 Å². The van der Waals surface area contributed by atoms with Gasteiger partial charge in [0.25, 0.3) is 0 Å². The quantitative estimate of drug-likeness (QED) is 0.847. The highest BCUT2D eigenvalue weighted by molar-refractivity contribution is 5.81. The zero-order valence-electron chi connectivity index (χ0n) is 13.8. The maximum atomic E-state index is 12.0. The molecule has 2 rings (SSSR count). The van der Waals surface area contributed by atoms with Crippen LogP contribution < -0.4 is 11.1 Å². The van der Waals surface area contributed by atoms with Crippen LogP contribution in [0.4, 0.5) is 0 Å². The molecule has 1 aromatic carbocycles. The molecule has 0 spiro atoms. The first-order valence-electron chi connectivity index (χ1n) is 8.45. The van der Waals surface area contributed by atoms with Crippen LogP contribution in [-0.4, -0.2) is 35.5 Å². The first kappa shape index (κ1) is 17.0. The molecule has 22 heavy (non-hydrogen) atoms. The van der Waals surface area contributed by atoms with E-state index in [0.717, 1.165) is 25.9 Å². The Labute approximate surface area is 134 Å². The molecule has 122 valence electrons. The molecule has 1 fully saturated rings. The Morgan fingerprint density at radius 3 is 2.64 bits per heavy atom. The number of amides is 1. The van der Waals surface area contributed by atoms with Gasteiger partial charge in [0.15, 0.2) is 0 Å². The van der Waals surface area contributed by atoms with E-state index in [1.165, 1.54) is 18.4 Å². The Morgan fingerprint density at radius 2 is 2.00 bits per heavy atom. The second kappa shape index (κ2) is 8.30. The highest BCUT2D eigenvalue weighted by Crippen LogP contribution is 2.24. The minimum Gasteiger partial charge on any atom is -0.350 e. The summed E-state index contributed by atoms with van der Waals surface area (Å²) in [4.78, 5) is 14.5. The molecular weight excluding hydrogens is 274 g/mol. The molecule has 0 heterocycles. The SMILES string of the molecule is CCN(Cc1ccccc1)C1CCCCC1NC(=O)C(C)N. The number of benzene rings is 1. The molecular formula is C18H29N3O. The molecule has 0 aromatic heterocycles. The van der Waals surface area contributed by atoms with Crippen LogP contribution >= 0.6 is 0 Å². The van der Waals surface area contributed by atoms with Gasteiger partial charge in [-0.2, -0.15) is 0 Å². The van der Waals surface area contributed by atoms with Crippen LogP contribution in [0.3, 0.4) is 0 Å². The van der Waals surface area contributed by atoms with E-state index in [4.69, 9.17) is 5.73 Å². The van der Waals surface area contributed by atoms with Crippen LogP contribution in [0.15, 0.2) is 30.3 Å². The minimum absolute atomic E-state index is 0.0346. The molecule has 3 N–H and O–H groups in total. The Hall–Kier alpha value is -1.39. The standard InChI is InChI=1S/C18H29N3O/c1-3-21(13-15-9-5-4-6-10-15)17-12-8-7-11-16(17)20-18(22)14(2)19/h4-6,9-10,14,16-17H,3,7-8,11-13,19H2,1-2H3,(H,20,22). The monoisotopic (exact) mass is 303 g/mol. The van der Waals surface area contributed by atoms with Crippen molar-refractivity contribution >= 4 is 5.91 Å². The molecule has 1 aromatic rings. The van der Waals surface area contributed by atoms with Gasteiger partial charge in [0.1, 0.15) is 0 Å². The average molecular weight is 303 g/mol. The van der Waals surface area contributed by atoms with Crippen molar-refractivity contribution in [3.63, 3.8) is 0 Å². The Kier molecular flexibility index (Phi) is 6.40. The summed E-state index contributed by atoms with van der Waals surface area (Å²) in [5.74, 6) is -0.0346. The van der Waals surface area contributed by atoms with E-state index in [1.54, 1.807) is 6.92 Å². The molecule has 0 saturated heterocycles. The Bertz CT molecular complexity index is 461. The largest absolute Gasteiger partial charge is 0.350 e. The maximum absolute atomic E-state index is 12.0. The van der Waals surface area contributed by atoms with Crippen molar-refractivity contribution in [2.45, 2.75) is 64.2 Å². The summed E-state index contributed by atoms with van der Waals surface area (Å²) in [5.41, 5.74) is 7.03. The third-order valence-corrected chi connectivity index (χ3v) is 4.57. The molecule has 3 atom stereocenters. The van der Waals surface area contributed by atoms with Crippen LogP contribution in [0.1, 0.15) is 45.1 Å². The first-order valence-corrected chi connectivity index (χ1v) is 8.45. The summed E-state index contributed by atoms with van der Waals surface area (Å²) in [5, 5.41) is 3.16. The maximum Gasteiger partial charge on any atom is 0.236 e. The number of hydrogen-bond donors (Lipinski definition) is 2. The molecule has 0 radical (unpaired) electrons.